The van der Waals surface area contributed by atoms with Gasteiger partial charge in [-0.05, 0) is 18.6 Å². The van der Waals surface area contributed by atoms with Crippen LogP contribution < -0.4 is 10.2 Å². The summed E-state index contributed by atoms with van der Waals surface area (Å²) in [5, 5.41) is 2.89. The van der Waals surface area contributed by atoms with Gasteiger partial charge in [0.15, 0.2) is 5.82 Å². The van der Waals surface area contributed by atoms with E-state index < -0.39 is 10.8 Å². The van der Waals surface area contributed by atoms with Gasteiger partial charge >= 0.3 is 0 Å². The monoisotopic (exact) mass is 265 g/mol. The fourth-order valence-corrected chi connectivity index (χ4v) is 3.81. The lowest BCUT2D eigenvalue weighted by atomic mass is 10.2. The molecule has 5 nitrogen and oxygen atoms in total. The number of aryl methyl sites for hydroxylation is 1. The highest BCUT2D eigenvalue weighted by molar-refractivity contribution is 7.85. The molecule has 2 atom stereocenters. The van der Waals surface area contributed by atoms with Gasteiger partial charge in [-0.15, -0.1) is 0 Å². The lowest BCUT2D eigenvalue weighted by Crippen LogP contribution is -2.47. The minimum atomic E-state index is -0.812. The predicted molar refractivity (Wildman–Crippen MR) is 71.2 cm³/mol. The largest absolute Gasteiger partial charge is 0.350 e. The van der Waals surface area contributed by atoms with E-state index in [4.69, 9.17) is 0 Å². The number of fused-ring (bicyclic) bond motifs is 3. The Kier molecular flexibility index (Phi) is 2.81. The molecule has 2 unspecified atom stereocenters. The second kappa shape index (κ2) is 4.35. The van der Waals surface area contributed by atoms with E-state index in [0.717, 1.165) is 17.1 Å². The Hall–Kier alpha value is -1.43. The summed E-state index contributed by atoms with van der Waals surface area (Å²) in [6.45, 7) is 2.66. The molecule has 1 amide bonds. The summed E-state index contributed by atoms with van der Waals surface area (Å²) in [6.07, 6.45) is 2.19. The van der Waals surface area contributed by atoms with E-state index in [1.165, 1.54) is 0 Å². The molecular weight excluding hydrogens is 250 g/mol. The van der Waals surface area contributed by atoms with E-state index in [2.05, 4.69) is 15.2 Å². The number of hydrogen-bond donors (Lipinski definition) is 1. The average molecular weight is 265 g/mol. The number of anilines is 2. The maximum absolute atomic E-state index is 11.9. The van der Waals surface area contributed by atoms with Gasteiger partial charge in [0, 0.05) is 41.5 Å². The molecule has 1 aromatic heterocycles. The highest BCUT2D eigenvalue weighted by atomic mass is 32.2. The zero-order valence-corrected chi connectivity index (χ0v) is 11.0. The van der Waals surface area contributed by atoms with Crippen molar-refractivity contribution < 1.29 is 9.00 Å². The van der Waals surface area contributed by atoms with Crippen molar-refractivity contribution in [1.29, 1.82) is 0 Å². The molecule has 1 aromatic rings. The van der Waals surface area contributed by atoms with Crippen molar-refractivity contribution in [2.45, 2.75) is 19.4 Å². The van der Waals surface area contributed by atoms with Crippen LogP contribution in [0.1, 0.15) is 12.0 Å². The van der Waals surface area contributed by atoms with Crippen molar-refractivity contribution in [3.05, 3.63) is 17.8 Å². The molecular formula is C12H15N3O2S. The summed E-state index contributed by atoms with van der Waals surface area (Å²) >= 11 is 0. The van der Waals surface area contributed by atoms with Crippen LogP contribution in [0.25, 0.3) is 0 Å². The Bertz CT molecular complexity index is 532. The fourth-order valence-electron chi connectivity index (χ4n) is 2.52. The van der Waals surface area contributed by atoms with Gasteiger partial charge in [-0.1, -0.05) is 0 Å². The molecule has 0 saturated carbocycles. The first-order chi connectivity index (χ1) is 8.63. The van der Waals surface area contributed by atoms with E-state index in [1.807, 2.05) is 13.0 Å². The molecule has 2 aliphatic rings. The van der Waals surface area contributed by atoms with Crippen LogP contribution in [0.4, 0.5) is 11.5 Å². The number of rotatable bonds is 0. The van der Waals surface area contributed by atoms with Crippen LogP contribution in [0.15, 0.2) is 12.3 Å². The Morgan fingerprint density at radius 1 is 1.56 bits per heavy atom. The summed E-state index contributed by atoms with van der Waals surface area (Å²) in [5.41, 5.74) is 1.79. The quantitative estimate of drug-likeness (QED) is 0.749. The van der Waals surface area contributed by atoms with Crippen LogP contribution >= 0.6 is 0 Å². The minimum Gasteiger partial charge on any atom is -0.350 e. The number of carbonyl (C=O) groups excluding carboxylic acids is 1. The van der Waals surface area contributed by atoms with Crippen molar-refractivity contribution in [3.63, 3.8) is 0 Å². The molecule has 3 rings (SSSR count). The molecule has 0 aromatic carbocycles. The number of amides is 1. The van der Waals surface area contributed by atoms with Crippen molar-refractivity contribution in [2.24, 2.45) is 0 Å². The molecule has 2 aliphatic heterocycles. The van der Waals surface area contributed by atoms with Crippen molar-refractivity contribution in [3.8, 4) is 0 Å². The molecule has 3 heterocycles. The van der Waals surface area contributed by atoms with E-state index in [9.17, 15) is 9.00 Å². The van der Waals surface area contributed by atoms with Gasteiger partial charge in [0.1, 0.15) is 0 Å². The average Bonchev–Trinajstić information content (AvgIpc) is 2.42. The summed E-state index contributed by atoms with van der Waals surface area (Å²) in [4.78, 5) is 18.4. The molecule has 96 valence electrons. The molecule has 0 spiro atoms. The van der Waals surface area contributed by atoms with Crippen molar-refractivity contribution in [2.75, 3.05) is 28.3 Å². The zero-order chi connectivity index (χ0) is 12.7. The first-order valence-electron chi connectivity index (χ1n) is 6.01. The van der Waals surface area contributed by atoms with E-state index in [-0.39, 0.29) is 11.9 Å². The Morgan fingerprint density at radius 3 is 3.22 bits per heavy atom. The van der Waals surface area contributed by atoms with Crippen LogP contribution in [-0.4, -0.2) is 39.2 Å². The predicted octanol–water partition coefficient (Wildman–Crippen LogP) is 0.670. The number of hydrogen-bond acceptors (Lipinski definition) is 4. The Balaban J connectivity index is 2.04. The molecule has 1 saturated heterocycles. The number of carbonyl (C=O) groups is 1. The summed E-state index contributed by atoms with van der Waals surface area (Å²) in [5.74, 6) is 2.01. The van der Waals surface area contributed by atoms with Gasteiger partial charge in [-0.25, -0.2) is 4.98 Å². The molecule has 1 N–H and O–H groups in total. The molecule has 0 bridgehead atoms. The van der Waals surface area contributed by atoms with E-state index in [0.29, 0.717) is 24.5 Å². The topological polar surface area (TPSA) is 62.3 Å². The maximum atomic E-state index is 11.9. The highest BCUT2D eigenvalue weighted by Crippen LogP contribution is 2.31. The van der Waals surface area contributed by atoms with Gasteiger partial charge in [-0.2, -0.15) is 0 Å². The van der Waals surface area contributed by atoms with Crippen molar-refractivity contribution >= 4 is 28.2 Å². The van der Waals surface area contributed by atoms with E-state index >= 15 is 0 Å². The summed E-state index contributed by atoms with van der Waals surface area (Å²) in [6, 6.07) is 1.95. The second-order valence-corrected chi connectivity index (χ2v) is 6.42. The van der Waals surface area contributed by atoms with Gasteiger partial charge < -0.3 is 10.2 Å². The lowest BCUT2D eigenvalue weighted by Gasteiger charge is -2.34. The van der Waals surface area contributed by atoms with Gasteiger partial charge in [0.25, 0.3) is 0 Å². The van der Waals surface area contributed by atoms with Gasteiger partial charge in [0.05, 0.1) is 11.7 Å². The SMILES string of the molecule is Cc1cnc2c(c1)NC(=O)CC1CS(=O)CCN21. The first kappa shape index (κ1) is 11.6. The van der Waals surface area contributed by atoms with Crippen LogP contribution in [0.2, 0.25) is 0 Å². The second-order valence-electron chi connectivity index (χ2n) is 4.79. The molecule has 0 radical (unpaired) electrons. The summed E-state index contributed by atoms with van der Waals surface area (Å²) < 4.78 is 11.6. The van der Waals surface area contributed by atoms with Gasteiger partial charge in [-0.3, -0.25) is 9.00 Å². The van der Waals surface area contributed by atoms with Crippen LogP contribution in [0.5, 0.6) is 0 Å². The minimum absolute atomic E-state index is 0.0102. The maximum Gasteiger partial charge on any atom is 0.226 e. The normalized spacial score (nSPS) is 26.9. The smallest absolute Gasteiger partial charge is 0.226 e. The Morgan fingerprint density at radius 2 is 2.39 bits per heavy atom. The van der Waals surface area contributed by atoms with Crippen LogP contribution in [0, 0.1) is 6.92 Å². The molecule has 1 fully saturated rings. The highest BCUT2D eigenvalue weighted by Gasteiger charge is 2.33. The fraction of sp³-hybridized carbons (Fsp3) is 0.500. The van der Waals surface area contributed by atoms with Crippen LogP contribution in [-0.2, 0) is 15.6 Å². The molecule has 18 heavy (non-hydrogen) atoms. The van der Waals surface area contributed by atoms with E-state index in [1.54, 1.807) is 6.20 Å². The number of pyridine rings is 1. The number of nitrogens with one attached hydrogen (secondary N) is 1. The number of nitrogens with zero attached hydrogens (tertiary/aromatic N) is 2. The third-order valence-electron chi connectivity index (χ3n) is 3.35. The Labute approximate surface area is 108 Å². The third-order valence-corrected chi connectivity index (χ3v) is 4.74. The number of aromatic nitrogens is 1. The molecule has 0 aliphatic carbocycles. The zero-order valence-electron chi connectivity index (χ0n) is 10.2. The lowest BCUT2D eigenvalue weighted by molar-refractivity contribution is -0.116. The third kappa shape index (κ3) is 2.01. The standard InChI is InChI=1S/C12H15N3O2S/c1-8-4-10-12(13-6-8)15-2-3-18(17)7-9(15)5-11(16)14-10/h4,6,9H,2-3,5,7H2,1H3,(H,14,16). The van der Waals surface area contributed by atoms with Crippen LogP contribution in [0.3, 0.4) is 0 Å². The molecule has 6 heteroatoms. The summed E-state index contributed by atoms with van der Waals surface area (Å²) in [7, 11) is -0.812. The van der Waals surface area contributed by atoms with Gasteiger partial charge in [0.2, 0.25) is 5.91 Å². The van der Waals surface area contributed by atoms with Crippen molar-refractivity contribution in [1.82, 2.24) is 4.98 Å². The first-order valence-corrected chi connectivity index (χ1v) is 7.50.